The van der Waals surface area contributed by atoms with Crippen LogP contribution in [0.1, 0.15) is 97.5 Å². The number of aliphatic hydroxyl groups is 1. The Labute approximate surface area is 307 Å². The van der Waals surface area contributed by atoms with Crippen molar-refractivity contribution >= 4 is 32.3 Å². The van der Waals surface area contributed by atoms with Crippen molar-refractivity contribution < 1.29 is 33.6 Å². The second-order valence-corrected chi connectivity index (χ2v) is 20.7. The Balaban J connectivity index is 0.000000224. The SMILES string of the molecule is CI(C)c1ccccc1.Cc1c(C)c(C)c2c(c1C)CCC(C)(CO)O2.Cc1c(C)c2c(c(C)c1OC(=O)OC(C)(C)C)CCC(C)(C=O)O2. The average Bonchev–Trinajstić information content (AvgIpc) is 3.07. The smallest absolute Gasteiger partial charge is 0.485 e. The van der Waals surface area contributed by atoms with Gasteiger partial charge in [-0.2, -0.15) is 0 Å². The molecule has 50 heavy (non-hydrogen) atoms. The number of carbonyl (C=O) groups is 2. The number of hydrogen-bond acceptors (Lipinski definition) is 7. The van der Waals surface area contributed by atoms with Gasteiger partial charge >= 0.3 is 69.7 Å². The molecule has 0 spiro atoms. The zero-order valence-electron chi connectivity index (χ0n) is 32.8. The van der Waals surface area contributed by atoms with Crippen LogP contribution >= 0.6 is 19.8 Å². The summed E-state index contributed by atoms with van der Waals surface area (Å²) >= 11 is -0.681. The number of hydrogen-bond donors (Lipinski definition) is 1. The number of aliphatic hydroxyl groups excluding tert-OH is 1. The molecule has 0 saturated heterocycles. The Morgan fingerprint density at radius 2 is 1.32 bits per heavy atom. The molecular formula is C42H59IO7. The Hall–Kier alpha value is -3.11. The average molecular weight is 803 g/mol. The van der Waals surface area contributed by atoms with Gasteiger partial charge in [-0.05, 0) is 153 Å². The van der Waals surface area contributed by atoms with Crippen molar-refractivity contribution in [1.82, 2.24) is 0 Å². The molecule has 5 rings (SSSR count). The van der Waals surface area contributed by atoms with E-state index >= 15 is 0 Å². The maximum Gasteiger partial charge on any atom is 0.514 e. The van der Waals surface area contributed by atoms with E-state index in [4.69, 9.17) is 18.9 Å². The van der Waals surface area contributed by atoms with E-state index in [0.29, 0.717) is 18.6 Å². The third kappa shape index (κ3) is 9.81. The van der Waals surface area contributed by atoms with Gasteiger partial charge in [0.05, 0.1) is 6.61 Å². The van der Waals surface area contributed by atoms with Crippen LogP contribution in [0.3, 0.4) is 0 Å². The van der Waals surface area contributed by atoms with E-state index in [-0.39, 0.29) is 6.61 Å². The zero-order valence-corrected chi connectivity index (χ0v) is 34.9. The summed E-state index contributed by atoms with van der Waals surface area (Å²) in [6.45, 7) is 23.5. The number of aldehydes is 1. The summed E-state index contributed by atoms with van der Waals surface area (Å²) in [7, 11) is 0. The summed E-state index contributed by atoms with van der Waals surface area (Å²) in [5.74, 6) is 2.24. The molecule has 0 saturated carbocycles. The Morgan fingerprint density at radius 1 is 0.800 bits per heavy atom. The first-order valence-electron chi connectivity index (χ1n) is 17.3. The third-order valence-corrected chi connectivity index (χ3v) is 13.1. The second-order valence-electron chi connectivity index (χ2n) is 15.2. The standard InChI is InChI=1S/C19H26O5.C15H22O2.C8H11I/c1-11-12(2)16-14(8-9-19(7,10-20)23-16)13(3)15(11)22-17(21)24-18(4,5)6;1-9-10(2)12(4)14-13(11(9)3)6-7-15(5,8-16)17-14;1-9(2)8-6-4-3-5-7-8/h10H,8-9H2,1-7H3;16H,6-8H2,1-5H3;3-7H,1-2H3. The van der Waals surface area contributed by atoms with Crippen LogP contribution in [0.15, 0.2) is 30.3 Å². The van der Waals surface area contributed by atoms with E-state index < -0.39 is 42.8 Å². The van der Waals surface area contributed by atoms with E-state index in [2.05, 4.69) is 67.9 Å². The minimum absolute atomic E-state index is 0.0812. The molecular weight excluding hydrogens is 743 g/mol. The third-order valence-electron chi connectivity index (χ3n) is 9.85. The fraction of sp³-hybridized carbons (Fsp3) is 0.524. The quantitative estimate of drug-likeness (QED) is 0.0924. The molecule has 8 heteroatoms. The predicted molar refractivity (Wildman–Crippen MR) is 212 cm³/mol. The van der Waals surface area contributed by atoms with Crippen molar-refractivity contribution in [2.45, 2.75) is 126 Å². The molecule has 2 aliphatic heterocycles. The maximum atomic E-state index is 12.0. The van der Waals surface area contributed by atoms with Crippen molar-refractivity contribution in [2.75, 3.05) is 16.5 Å². The molecule has 276 valence electrons. The minimum atomic E-state index is -0.801. The summed E-state index contributed by atoms with van der Waals surface area (Å²) in [6.07, 6.45) is 3.31. The molecule has 0 radical (unpaired) electrons. The number of ether oxygens (including phenoxy) is 4. The van der Waals surface area contributed by atoms with E-state index in [1.165, 1.54) is 27.8 Å². The van der Waals surface area contributed by atoms with E-state index in [0.717, 1.165) is 52.9 Å². The minimum Gasteiger partial charge on any atom is -0.485 e. The van der Waals surface area contributed by atoms with Gasteiger partial charge in [0.25, 0.3) is 0 Å². The second kappa shape index (κ2) is 16.5. The topological polar surface area (TPSA) is 91.3 Å². The van der Waals surface area contributed by atoms with Gasteiger partial charge in [0.1, 0.15) is 28.5 Å². The molecule has 0 fully saturated rings. The molecule has 2 unspecified atom stereocenters. The van der Waals surface area contributed by atoms with Crippen molar-refractivity contribution in [3.8, 4) is 17.2 Å². The van der Waals surface area contributed by atoms with Gasteiger partial charge in [0.15, 0.2) is 11.9 Å². The molecule has 0 amide bonds. The number of rotatable bonds is 4. The van der Waals surface area contributed by atoms with Gasteiger partial charge in [0, 0.05) is 5.56 Å². The van der Waals surface area contributed by atoms with Gasteiger partial charge in [-0.15, -0.1) is 0 Å². The van der Waals surface area contributed by atoms with Crippen molar-refractivity contribution in [3.05, 3.63) is 84.0 Å². The molecule has 2 heterocycles. The fourth-order valence-electron chi connectivity index (χ4n) is 6.10. The molecule has 2 atom stereocenters. The van der Waals surface area contributed by atoms with Crippen LogP contribution in [0.5, 0.6) is 17.2 Å². The number of fused-ring (bicyclic) bond motifs is 2. The van der Waals surface area contributed by atoms with Crippen molar-refractivity contribution in [3.63, 3.8) is 0 Å². The number of alkyl halides is 2. The molecule has 7 nitrogen and oxygen atoms in total. The molecule has 1 N–H and O–H groups in total. The van der Waals surface area contributed by atoms with Crippen LogP contribution in [0.2, 0.25) is 0 Å². The summed E-state index contributed by atoms with van der Waals surface area (Å²) in [5.41, 5.74) is 8.28. The Morgan fingerprint density at radius 3 is 1.84 bits per heavy atom. The van der Waals surface area contributed by atoms with Crippen LogP contribution in [0, 0.1) is 52.0 Å². The van der Waals surface area contributed by atoms with Crippen molar-refractivity contribution in [1.29, 1.82) is 0 Å². The van der Waals surface area contributed by atoms with Crippen molar-refractivity contribution in [2.24, 2.45) is 0 Å². The number of carbonyl (C=O) groups excluding carboxylic acids is 2. The van der Waals surface area contributed by atoms with Gasteiger partial charge in [0.2, 0.25) is 0 Å². The summed E-state index contributed by atoms with van der Waals surface area (Å²) in [6, 6.07) is 10.8. The van der Waals surface area contributed by atoms with E-state index in [9.17, 15) is 14.7 Å². The monoisotopic (exact) mass is 802 g/mol. The Bertz CT molecular complexity index is 1690. The molecule has 3 aromatic carbocycles. The summed E-state index contributed by atoms with van der Waals surface area (Å²) < 4.78 is 24.3. The first kappa shape index (κ1) is 41.3. The van der Waals surface area contributed by atoms with Crippen LogP contribution in [-0.2, 0) is 22.4 Å². The van der Waals surface area contributed by atoms with Crippen LogP contribution in [0.25, 0.3) is 0 Å². The molecule has 0 aliphatic carbocycles. The summed E-state index contributed by atoms with van der Waals surface area (Å²) in [4.78, 5) is 28.1. The normalized spacial score (nSPS) is 19.5. The largest absolute Gasteiger partial charge is 0.514 e. The number of halogens is 1. The van der Waals surface area contributed by atoms with Gasteiger partial charge in [-0.3, -0.25) is 4.79 Å². The summed E-state index contributed by atoms with van der Waals surface area (Å²) in [5, 5.41) is 9.43. The molecule has 0 bridgehead atoms. The van der Waals surface area contributed by atoms with E-state index in [1.807, 2.05) is 27.7 Å². The fourth-order valence-corrected chi connectivity index (χ4v) is 7.96. The van der Waals surface area contributed by atoms with Gasteiger partial charge < -0.3 is 24.1 Å². The van der Waals surface area contributed by atoms with Crippen LogP contribution in [0.4, 0.5) is 4.79 Å². The van der Waals surface area contributed by atoms with E-state index in [1.54, 1.807) is 31.3 Å². The van der Waals surface area contributed by atoms with Gasteiger partial charge in [-0.1, -0.05) is 0 Å². The Kier molecular flexibility index (Phi) is 13.6. The predicted octanol–water partition coefficient (Wildman–Crippen LogP) is 9.83. The van der Waals surface area contributed by atoms with Crippen LogP contribution in [-0.4, -0.2) is 50.8 Å². The molecule has 3 aromatic rings. The van der Waals surface area contributed by atoms with Crippen LogP contribution < -0.4 is 14.2 Å². The molecule has 2 aliphatic rings. The zero-order chi connectivity index (χ0) is 37.8. The molecule has 0 aromatic heterocycles. The number of benzene rings is 3. The first-order valence-corrected chi connectivity index (χ1v) is 22.7. The maximum absolute atomic E-state index is 12.0. The van der Waals surface area contributed by atoms with Gasteiger partial charge in [-0.25, -0.2) is 4.79 Å². The first-order chi connectivity index (χ1) is 23.2.